The number of benzene rings is 1. The fraction of sp³-hybridized carbons (Fsp3) is 0.417. The van der Waals surface area contributed by atoms with Gasteiger partial charge in [0.1, 0.15) is 17.1 Å². The van der Waals surface area contributed by atoms with Crippen molar-refractivity contribution in [1.82, 2.24) is 0 Å². The SMILES string of the molecule is COc1cc(CCC(=O)O)c(OC)c(C(F)(F)F)c1. The topological polar surface area (TPSA) is 55.8 Å². The van der Waals surface area contributed by atoms with Crippen molar-refractivity contribution < 1.29 is 32.5 Å². The molecule has 0 saturated heterocycles. The van der Waals surface area contributed by atoms with Gasteiger partial charge in [-0.2, -0.15) is 13.2 Å². The van der Waals surface area contributed by atoms with Crippen molar-refractivity contribution in [2.75, 3.05) is 14.2 Å². The summed E-state index contributed by atoms with van der Waals surface area (Å²) < 4.78 is 48.2. The smallest absolute Gasteiger partial charge is 0.420 e. The number of hydrogen-bond acceptors (Lipinski definition) is 3. The first-order valence-electron chi connectivity index (χ1n) is 5.33. The van der Waals surface area contributed by atoms with E-state index in [-0.39, 0.29) is 29.9 Å². The number of carboxylic acids is 1. The summed E-state index contributed by atoms with van der Waals surface area (Å²) in [7, 11) is 2.35. The van der Waals surface area contributed by atoms with Crippen molar-refractivity contribution >= 4 is 5.97 Å². The first-order valence-corrected chi connectivity index (χ1v) is 5.33. The highest BCUT2D eigenvalue weighted by Gasteiger charge is 2.36. The molecule has 0 unspecified atom stereocenters. The van der Waals surface area contributed by atoms with E-state index in [1.165, 1.54) is 13.2 Å². The van der Waals surface area contributed by atoms with Crippen LogP contribution in [0.25, 0.3) is 0 Å². The molecule has 4 nitrogen and oxygen atoms in total. The Morgan fingerprint density at radius 3 is 2.32 bits per heavy atom. The molecular formula is C12H13F3O4. The number of carboxylic acid groups (broad SMARTS) is 1. The average molecular weight is 278 g/mol. The van der Waals surface area contributed by atoms with Gasteiger partial charge in [0.05, 0.1) is 14.2 Å². The normalized spacial score (nSPS) is 11.2. The van der Waals surface area contributed by atoms with E-state index in [4.69, 9.17) is 14.6 Å². The van der Waals surface area contributed by atoms with Crippen LogP contribution in [-0.4, -0.2) is 25.3 Å². The predicted molar refractivity (Wildman–Crippen MR) is 60.5 cm³/mol. The fourth-order valence-corrected chi connectivity index (χ4v) is 1.66. The van der Waals surface area contributed by atoms with E-state index in [0.29, 0.717) is 0 Å². The van der Waals surface area contributed by atoms with Crippen LogP contribution in [-0.2, 0) is 17.4 Å². The van der Waals surface area contributed by atoms with Crippen LogP contribution < -0.4 is 9.47 Å². The largest absolute Gasteiger partial charge is 0.497 e. The molecule has 0 aliphatic rings. The lowest BCUT2D eigenvalue weighted by molar-refractivity contribution is -0.139. The number of ether oxygens (including phenoxy) is 2. The third-order valence-corrected chi connectivity index (χ3v) is 2.49. The number of halogens is 3. The molecule has 0 radical (unpaired) electrons. The van der Waals surface area contributed by atoms with Crippen LogP contribution in [0.2, 0.25) is 0 Å². The van der Waals surface area contributed by atoms with Gasteiger partial charge in [-0.1, -0.05) is 0 Å². The predicted octanol–water partition coefficient (Wildman–Crippen LogP) is 2.74. The molecule has 0 spiro atoms. The summed E-state index contributed by atoms with van der Waals surface area (Å²) in [5.74, 6) is -1.46. The second kappa shape index (κ2) is 5.81. The Balaban J connectivity index is 3.30. The molecule has 0 aliphatic heterocycles. The molecule has 0 atom stereocenters. The Bertz CT molecular complexity index is 469. The van der Waals surface area contributed by atoms with E-state index in [0.717, 1.165) is 13.2 Å². The molecule has 1 aromatic carbocycles. The van der Waals surface area contributed by atoms with Crippen LogP contribution in [0.5, 0.6) is 11.5 Å². The first kappa shape index (κ1) is 15.1. The molecule has 0 amide bonds. The van der Waals surface area contributed by atoms with Crippen LogP contribution in [0.15, 0.2) is 12.1 Å². The van der Waals surface area contributed by atoms with Crippen molar-refractivity contribution in [3.05, 3.63) is 23.3 Å². The van der Waals surface area contributed by atoms with Crippen LogP contribution >= 0.6 is 0 Å². The molecule has 1 N–H and O–H groups in total. The van der Waals surface area contributed by atoms with Gasteiger partial charge in [0.25, 0.3) is 0 Å². The molecule has 0 heterocycles. The van der Waals surface area contributed by atoms with E-state index in [9.17, 15) is 18.0 Å². The molecule has 7 heteroatoms. The zero-order chi connectivity index (χ0) is 14.6. The van der Waals surface area contributed by atoms with Crippen molar-refractivity contribution in [2.45, 2.75) is 19.0 Å². The lowest BCUT2D eigenvalue weighted by Crippen LogP contribution is -2.10. The molecule has 19 heavy (non-hydrogen) atoms. The third kappa shape index (κ3) is 3.77. The third-order valence-electron chi connectivity index (χ3n) is 2.49. The Kier molecular flexibility index (Phi) is 4.63. The van der Waals surface area contributed by atoms with E-state index >= 15 is 0 Å². The maximum Gasteiger partial charge on any atom is 0.420 e. The van der Waals surface area contributed by atoms with Gasteiger partial charge in [0.2, 0.25) is 0 Å². The zero-order valence-electron chi connectivity index (χ0n) is 10.4. The van der Waals surface area contributed by atoms with Gasteiger partial charge in [-0.3, -0.25) is 4.79 Å². The Morgan fingerprint density at radius 2 is 1.89 bits per heavy atom. The summed E-state index contributed by atoms with van der Waals surface area (Å²) in [5.41, 5.74) is -0.827. The van der Waals surface area contributed by atoms with Gasteiger partial charge >= 0.3 is 12.1 Å². The second-order valence-corrected chi connectivity index (χ2v) is 3.76. The lowest BCUT2D eigenvalue weighted by Gasteiger charge is -2.17. The van der Waals surface area contributed by atoms with Crippen LogP contribution in [0.3, 0.4) is 0 Å². The Labute approximate surface area is 107 Å². The molecule has 0 bridgehead atoms. The second-order valence-electron chi connectivity index (χ2n) is 3.76. The van der Waals surface area contributed by atoms with Crippen LogP contribution in [0, 0.1) is 0 Å². The molecule has 1 rings (SSSR count). The van der Waals surface area contributed by atoms with Crippen molar-refractivity contribution in [2.24, 2.45) is 0 Å². The summed E-state index contributed by atoms with van der Waals surface area (Å²) in [6.45, 7) is 0. The van der Waals surface area contributed by atoms with E-state index in [1.54, 1.807) is 0 Å². The Morgan fingerprint density at radius 1 is 1.26 bits per heavy atom. The van der Waals surface area contributed by atoms with Gasteiger partial charge in [0.15, 0.2) is 0 Å². The zero-order valence-corrected chi connectivity index (χ0v) is 10.4. The standard InChI is InChI=1S/C12H13F3O4/c1-18-8-5-7(3-4-10(16)17)11(19-2)9(6-8)12(13,14)15/h5-6H,3-4H2,1-2H3,(H,16,17). The maximum absolute atomic E-state index is 12.9. The van der Waals surface area contributed by atoms with Crippen LogP contribution in [0.1, 0.15) is 17.5 Å². The quantitative estimate of drug-likeness (QED) is 0.899. The van der Waals surface area contributed by atoms with Gasteiger partial charge in [-0.05, 0) is 24.1 Å². The summed E-state index contributed by atoms with van der Waals surface area (Å²) in [6.07, 6.45) is -4.96. The van der Waals surface area contributed by atoms with Gasteiger partial charge in [-0.15, -0.1) is 0 Å². The molecule has 0 saturated carbocycles. The Hall–Kier alpha value is -1.92. The van der Waals surface area contributed by atoms with Gasteiger partial charge in [-0.25, -0.2) is 0 Å². The van der Waals surface area contributed by atoms with Crippen LogP contribution in [0.4, 0.5) is 13.2 Å². The summed E-state index contributed by atoms with van der Waals surface area (Å²) in [5, 5.41) is 8.60. The minimum atomic E-state index is -4.60. The number of aliphatic carboxylic acids is 1. The average Bonchev–Trinajstić information content (AvgIpc) is 2.33. The first-order chi connectivity index (χ1) is 8.79. The summed E-state index contributed by atoms with van der Waals surface area (Å²) in [4.78, 5) is 10.5. The van der Waals surface area contributed by atoms with E-state index in [2.05, 4.69) is 0 Å². The molecule has 1 aromatic rings. The minimum Gasteiger partial charge on any atom is -0.497 e. The molecule has 0 fully saturated rings. The number of rotatable bonds is 5. The highest BCUT2D eigenvalue weighted by Crippen LogP contribution is 2.41. The number of alkyl halides is 3. The lowest BCUT2D eigenvalue weighted by atomic mass is 10.0. The number of carbonyl (C=O) groups is 1. The fourth-order valence-electron chi connectivity index (χ4n) is 1.66. The number of aryl methyl sites for hydroxylation is 1. The highest BCUT2D eigenvalue weighted by molar-refractivity contribution is 5.67. The molecule has 0 aliphatic carbocycles. The molecule has 106 valence electrons. The monoisotopic (exact) mass is 278 g/mol. The number of hydrogen-bond donors (Lipinski definition) is 1. The highest BCUT2D eigenvalue weighted by atomic mass is 19.4. The van der Waals surface area contributed by atoms with E-state index < -0.39 is 17.7 Å². The summed E-state index contributed by atoms with van der Waals surface area (Å²) in [6, 6.07) is 2.17. The van der Waals surface area contributed by atoms with Crippen molar-refractivity contribution in [1.29, 1.82) is 0 Å². The van der Waals surface area contributed by atoms with E-state index in [1.807, 2.05) is 0 Å². The van der Waals surface area contributed by atoms with Crippen molar-refractivity contribution in [3.8, 4) is 11.5 Å². The number of methoxy groups -OCH3 is 2. The van der Waals surface area contributed by atoms with Gasteiger partial charge < -0.3 is 14.6 Å². The molecular weight excluding hydrogens is 265 g/mol. The molecule has 0 aromatic heterocycles. The van der Waals surface area contributed by atoms with Crippen molar-refractivity contribution in [3.63, 3.8) is 0 Å². The summed E-state index contributed by atoms with van der Waals surface area (Å²) >= 11 is 0. The maximum atomic E-state index is 12.9. The minimum absolute atomic E-state index is 0.00788. The van der Waals surface area contributed by atoms with Gasteiger partial charge in [0, 0.05) is 6.42 Å².